The number of ether oxygens (including phenoxy) is 1. The minimum atomic E-state index is 0.0578. The predicted molar refractivity (Wildman–Crippen MR) is 57.7 cm³/mol. The van der Waals surface area contributed by atoms with Crippen LogP contribution in [0.4, 0.5) is 0 Å². The van der Waals surface area contributed by atoms with Gasteiger partial charge in [-0.15, -0.1) is 0 Å². The van der Waals surface area contributed by atoms with Gasteiger partial charge in [0.05, 0.1) is 11.6 Å². The topological polar surface area (TPSA) is 26.3 Å². The smallest absolute Gasteiger partial charge is 0.140 e. The summed E-state index contributed by atoms with van der Waals surface area (Å²) in [6.45, 7) is 0. The van der Waals surface area contributed by atoms with Gasteiger partial charge in [0, 0.05) is 17.9 Å². The van der Waals surface area contributed by atoms with Crippen molar-refractivity contribution in [1.29, 1.82) is 0 Å². The molecule has 74 valence electrons. The lowest BCUT2D eigenvalue weighted by molar-refractivity contribution is -0.125. The normalized spacial score (nSPS) is 20.4. The van der Waals surface area contributed by atoms with E-state index in [1.807, 2.05) is 18.2 Å². The third kappa shape index (κ3) is 1.46. The van der Waals surface area contributed by atoms with Gasteiger partial charge >= 0.3 is 0 Å². The number of halogens is 1. The molecule has 1 aliphatic rings. The number of hydrogen-bond donors (Lipinski definition) is 0. The van der Waals surface area contributed by atoms with E-state index < -0.39 is 0 Å². The molecule has 0 aromatic heterocycles. The minimum Gasteiger partial charge on any atom is -0.495 e. The Bertz CT molecular complexity index is 374. The Labute approximate surface area is 91.4 Å². The highest BCUT2D eigenvalue weighted by atomic mass is 79.9. The van der Waals surface area contributed by atoms with Crippen LogP contribution in [0.15, 0.2) is 22.7 Å². The molecule has 0 radical (unpaired) electrons. The maximum atomic E-state index is 11.3. The van der Waals surface area contributed by atoms with Crippen molar-refractivity contribution in [1.82, 2.24) is 0 Å². The standard InChI is InChI=1S/C11H11BrO2/c1-14-11-8(3-2-4-9(11)12)7-5-6-10(7)13/h2-4,7H,5-6H2,1H3. The first kappa shape index (κ1) is 9.71. The quantitative estimate of drug-likeness (QED) is 0.812. The molecule has 1 saturated carbocycles. The van der Waals surface area contributed by atoms with Crippen molar-refractivity contribution in [2.45, 2.75) is 18.8 Å². The lowest BCUT2D eigenvalue weighted by atomic mass is 9.78. The van der Waals surface area contributed by atoms with Crippen LogP contribution in [0.2, 0.25) is 0 Å². The van der Waals surface area contributed by atoms with Gasteiger partial charge in [0.1, 0.15) is 11.5 Å². The van der Waals surface area contributed by atoms with Crippen LogP contribution in [-0.2, 0) is 4.79 Å². The van der Waals surface area contributed by atoms with Crippen LogP contribution in [0.3, 0.4) is 0 Å². The van der Waals surface area contributed by atoms with Crippen LogP contribution in [0, 0.1) is 0 Å². The first-order valence-electron chi connectivity index (χ1n) is 4.59. The molecule has 0 amide bonds. The molecular weight excluding hydrogens is 244 g/mol. The molecule has 1 aromatic carbocycles. The number of Topliss-reactive ketones (excluding diaryl/α,β-unsaturated/α-hetero) is 1. The average molecular weight is 255 g/mol. The Kier molecular flexibility index (Phi) is 2.59. The molecule has 14 heavy (non-hydrogen) atoms. The van der Waals surface area contributed by atoms with Crippen molar-refractivity contribution in [3.05, 3.63) is 28.2 Å². The van der Waals surface area contributed by atoms with Crippen molar-refractivity contribution < 1.29 is 9.53 Å². The second kappa shape index (κ2) is 3.73. The number of rotatable bonds is 2. The highest BCUT2D eigenvalue weighted by Crippen LogP contribution is 2.40. The Morgan fingerprint density at radius 1 is 1.50 bits per heavy atom. The van der Waals surface area contributed by atoms with E-state index in [0.29, 0.717) is 12.2 Å². The van der Waals surface area contributed by atoms with Gasteiger partial charge < -0.3 is 4.74 Å². The second-order valence-electron chi connectivity index (χ2n) is 3.42. The predicted octanol–water partition coefficient (Wildman–Crippen LogP) is 2.90. The Morgan fingerprint density at radius 3 is 2.79 bits per heavy atom. The number of ketones is 1. The maximum Gasteiger partial charge on any atom is 0.140 e. The summed E-state index contributed by atoms with van der Waals surface area (Å²) in [4.78, 5) is 11.3. The maximum absolute atomic E-state index is 11.3. The van der Waals surface area contributed by atoms with Gasteiger partial charge in [-0.1, -0.05) is 12.1 Å². The van der Waals surface area contributed by atoms with E-state index in [2.05, 4.69) is 15.9 Å². The van der Waals surface area contributed by atoms with E-state index in [4.69, 9.17) is 4.74 Å². The Morgan fingerprint density at radius 2 is 2.29 bits per heavy atom. The number of para-hydroxylation sites is 1. The summed E-state index contributed by atoms with van der Waals surface area (Å²) in [5.74, 6) is 1.18. The highest BCUT2D eigenvalue weighted by molar-refractivity contribution is 9.10. The van der Waals surface area contributed by atoms with Crippen molar-refractivity contribution in [2.24, 2.45) is 0 Å². The first-order valence-corrected chi connectivity index (χ1v) is 5.38. The summed E-state index contributed by atoms with van der Waals surface area (Å²) in [7, 11) is 1.63. The van der Waals surface area contributed by atoms with Gasteiger partial charge in [0.2, 0.25) is 0 Å². The zero-order valence-electron chi connectivity index (χ0n) is 7.92. The zero-order chi connectivity index (χ0) is 10.1. The van der Waals surface area contributed by atoms with Gasteiger partial charge in [0.25, 0.3) is 0 Å². The molecule has 0 heterocycles. The van der Waals surface area contributed by atoms with Crippen LogP contribution >= 0.6 is 15.9 Å². The van der Waals surface area contributed by atoms with E-state index in [1.54, 1.807) is 7.11 Å². The van der Waals surface area contributed by atoms with Crippen LogP contribution < -0.4 is 4.74 Å². The molecule has 0 saturated heterocycles. The van der Waals surface area contributed by atoms with Crippen LogP contribution in [0.25, 0.3) is 0 Å². The van der Waals surface area contributed by atoms with Gasteiger partial charge in [-0.2, -0.15) is 0 Å². The molecule has 1 atom stereocenters. The molecule has 2 rings (SSSR count). The first-order chi connectivity index (χ1) is 6.74. The lowest BCUT2D eigenvalue weighted by Crippen LogP contribution is -2.23. The summed E-state index contributed by atoms with van der Waals surface area (Å²) in [5, 5.41) is 0. The van der Waals surface area contributed by atoms with E-state index in [0.717, 1.165) is 22.2 Å². The minimum absolute atomic E-state index is 0.0578. The summed E-state index contributed by atoms with van der Waals surface area (Å²) < 4.78 is 6.20. The van der Waals surface area contributed by atoms with E-state index in [-0.39, 0.29) is 5.92 Å². The molecular formula is C11H11BrO2. The molecule has 0 N–H and O–H groups in total. The largest absolute Gasteiger partial charge is 0.495 e. The summed E-state index contributed by atoms with van der Waals surface area (Å²) in [6.07, 6.45) is 1.66. The second-order valence-corrected chi connectivity index (χ2v) is 4.27. The zero-order valence-corrected chi connectivity index (χ0v) is 9.50. The number of methoxy groups -OCH3 is 1. The van der Waals surface area contributed by atoms with Crippen molar-refractivity contribution in [3.8, 4) is 5.75 Å². The molecule has 3 heteroatoms. The van der Waals surface area contributed by atoms with Crippen LogP contribution in [-0.4, -0.2) is 12.9 Å². The summed E-state index contributed by atoms with van der Waals surface area (Å²) in [6, 6.07) is 5.82. The monoisotopic (exact) mass is 254 g/mol. The molecule has 1 aromatic rings. The highest BCUT2D eigenvalue weighted by Gasteiger charge is 2.32. The SMILES string of the molecule is COc1c(Br)cccc1C1CCC1=O. The van der Waals surface area contributed by atoms with E-state index in [9.17, 15) is 4.79 Å². The molecule has 0 aliphatic heterocycles. The average Bonchev–Trinajstić information content (AvgIpc) is 2.16. The molecule has 0 spiro atoms. The van der Waals surface area contributed by atoms with Gasteiger partial charge in [0.15, 0.2) is 0 Å². The third-order valence-corrected chi connectivity index (χ3v) is 3.27. The van der Waals surface area contributed by atoms with Crippen LogP contribution in [0.5, 0.6) is 5.75 Å². The number of benzene rings is 1. The molecule has 1 fully saturated rings. The Balaban J connectivity index is 2.41. The Hall–Kier alpha value is -0.830. The van der Waals surface area contributed by atoms with Gasteiger partial charge in [-0.05, 0) is 28.4 Å². The van der Waals surface area contributed by atoms with Crippen molar-refractivity contribution in [2.75, 3.05) is 7.11 Å². The number of carbonyl (C=O) groups excluding carboxylic acids is 1. The molecule has 1 unspecified atom stereocenters. The van der Waals surface area contributed by atoms with Gasteiger partial charge in [-0.25, -0.2) is 0 Å². The molecule has 0 bridgehead atoms. The fourth-order valence-corrected chi connectivity index (χ4v) is 2.29. The van der Waals surface area contributed by atoms with E-state index in [1.165, 1.54) is 0 Å². The molecule has 2 nitrogen and oxygen atoms in total. The third-order valence-electron chi connectivity index (χ3n) is 2.65. The summed E-state index contributed by atoms with van der Waals surface area (Å²) >= 11 is 3.41. The molecule has 1 aliphatic carbocycles. The van der Waals surface area contributed by atoms with Crippen molar-refractivity contribution in [3.63, 3.8) is 0 Å². The number of carbonyl (C=O) groups is 1. The van der Waals surface area contributed by atoms with Crippen LogP contribution in [0.1, 0.15) is 24.3 Å². The van der Waals surface area contributed by atoms with Crippen molar-refractivity contribution >= 4 is 21.7 Å². The van der Waals surface area contributed by atoms with Gasteiger partial charge in [-0.3, -0.25) is 4.79 Å². The number of hydrogen-bond acceptors (Lipinski definition) is 2. The lowest BCUT2D eigenvalue weighted by Gasteiger charge is -2.26. The fraction of sp³-hybridized carbons (Fsp3) is 0.364. The fourth-order valence-electron chi connectivity index (χ4n) is 1.75. The summed E-state index contributed by atoms with van der Waals surface area (Å²) in [5.41, 5.74) is 1.01. The van der Waals surface area contributed by atoms with E-state index >= 15 is 0 Å².